The van der Waals surface area contributed by atoms with Crippen LogP contribution in [0.5, 0.6) is 0 Å². The second kappa shape index (κ2) is 6.70. The fourth-order valence-electron chi connectivity index (χ4n) is 2.17. The van der Waals surface area contributed by atoms with Crippen LogP contribution in [0.3, 0.4) is 0 Å². The molecule has 1 aromatic heterocycles. The standard InChI is InChI=1S/C17H17N3S/c1-2-18-11-13-7-3-6-10-16(13)21-17-14-8-4-5-9-15(14)19-12-20-17/h3-10,12,18H,2,11H2,1H3. The zero-order valence-electron chi connectivity index (χ0n) is 11.9. The third-order valence-corrected chi connectivity index (χ3v) is 4.39. The fourth-order valence-corrected chi connectivity index (χ4v) is 3.18. The van der Waals surface area contributed by atoms with E-state index in [0.717, 1.165) is 29.0 Å². The highest BCUT2D eigenvalue weighted by atomic mass is 32.2. The quantitative estimate of drug-likeness (QED) is 0.725. The molecular formula is C17H17N3S. The van der Waals surface area contributed by atoms with Crippen LogP contribution in [0, 0.1) is 0 Å². The highest BCUT2D eigenvalue weighted by Crippen LogP contribution is 2.32. The number of benzene rings is 2. The summed E-state index contributed by atoms with van der Waals surface area (Å²) in [6.45, 7) is 3.96. The molecule has 1 N–H and O–H groups in total. The van der Waals surface area contributed by atoms with Crippen molar-refractivity contribution in [2.24, 2.45) is 0 Å². The van der Waals surface area contributed by atoms with E-state index in [1.807, 2.05) is 18.2 Å². The molecule has 0 aliphatic rings. The van der Waals surface area contributed by atoms with Crippen molar-refractivity contribution >= 4 is 22.7 Å². The van der Waals surface area contributed by atoms with Gasteiger partial charge in [0.1, 0.15) is 11.4 Å². The summed E-state index contributed by atoms with van der Waals surface area (Å²) in [4.78, 5) is 10.0. The SMILES string of the molecule is CCNCc1ccccc1Sc1ncnc2ccccc12. The highest BCUT2D eigenvalue weighted by Gasteiger charge is 2.08. The molecule has 0 saturated heterocycles. The average molecular weight is 295 g/mol. The Hall–Kier alpha value is -1.91. The fraction of sp³-hybridized carbons (Fsp3) is 0.176. The zero-order valence-corrected chi connectivity index (χ0v) is 12.7. The molecule has 21 heavy (non-hydrogen) atoms. The lowest BCUT2D eigenvalue weighted by atomic mass is 10.2. The van der Waals surface area contributed by atoms with Crippen LogP contribution in [0.4, 0.5) is 0 Å². The Labute approximate surface area is 128 Å². The molecule has 0 atom stereocenters. The van der Waals surface area contributed by atoms with E-state index in [4.69, 9.17) is 0 Å². The lowest BCUT2D eigenvalue weighted by molar-refractivity contribution is 0.718. The summed E-state index contributed by atoms with van der Waals surface area (Å²) >= 11 is 1.70. The van der Waals surface area contributed by atoms with Crippen LogP contribution >= 0.6 is 11.8 Å². The number of aromatic nitrogens is 2. The molecule has 3 nitrogen and oxygen atoms in total. The van der Waals surface area contributed by atoms with Crippen molar-refractivity contribution < 1.29 is 0 Å². The summed E-state index contributed by atoms with van der Waals surface area (Å²) in [6.07, 6.45) is 1.64. The molecule has 0 saturated carbocycles. The molecule has 0 fully saturated rings. The van der Waals surface area contributed by atoms with Crippen molar-refractivity contribution in [3.63, 3.8) is 0 Å². The molecule has 0 radical (unpaired) electrons. The molecule has 0 aliphatic carbocycles. The third-order valence-electron chi connectivity index (χ3n) is 3.25. The van der Waals surface area contributed by atoms with Crippen molar-refractivity contribution in [1.29, 1.82) is 0 Å². The van der Waals surface area contributed by atoms with E-state index < -0.39 is 0 Å². The number of fused-ring (bicyclic) bond motifs is 1. The molecule has 3 rings (SSSR count). The molecule has 0 unspecified atom stereocenters. The molecular weight excluding hydrogens is 278 g/mol. The highest BCUT2D eigenvalue weighted by molar-refractivity contribution is 7.99. The van der Waals surface area contributed by atoms with E-state index in [9.17, 15) is 0 Å². The number of para-hydroxylation sites is 1. The molecule has 106 valence electrons. The van der Waals surface area contributed by atoms with Gasteiger partial charge < -0.3 is 5.32 Å². The number of hydrogen-bond donors (Lipinski definition) is 1. The summed E-state index contributed by atoms with van der Waals surface area (Å²) in [5, 5.41) is 5.49. The summed E-state index contributed by atoms with van der Waals surface area (Å²) < 4.78 is 0. The Morgan fingerprint density at radius 1 is 1.00 bits per heavy atom. The first-order chi connectivity index (χ1) is 10.4. The maximum Gasteiger partial charge on any atom is 0.117 e. The first-order valence-corrected chi connectivity index (χ1v) is 7.86. The number of hydrogen-bond acceptors (Lipinski definition) is 4. The molecule has 4 heteroatoms. The van der Waals surface area contributed by atoms with E-state index in [2.05, 4.69) is 52.5 Å². The largest absolute Gasteiger partial charge is 0.313 e. The molecule has 0 amide bonds. The molecule has 0 spiro atoms. The van der Waals surface area contributed by atoms with Gasteiger partial charge in [-0.25, -0.2) is 9.97 Å². The first kappa shape index (κ1) is 14.0. The number of rotatable bonds is 5. The average Bonchev–Trinajstić information content (AvgIpc) is 2.54. The van der Waals surface area contributed by atoms with Gasteiger partial charge in [0.2, 0.25) is 0 Å². The van der Waals surface area contributed by atoms with Crippen LogP contribution in [-0.2, 0) is 6.54 Å². The van der Waals surface area contributed by atoms with Crippen LogP contribution in [0.2, 0.25) is 0 Å². The van der Waals surface area contributed by atoms with Gasteiger partial charge in [0.05, 0.1) is 5.52 Å². The van der Waals surface area contributed by atoms with E-state index in [-0.39, 0.29) is 0 Å². The predicted molar refractivity (Wildman–Crippen MR) is 87.5 cm³/mol. The van der Waals surface area contributed by atoms with Gasteiger partial charge in [-0.3, -0.25) is 0 Å². The van der Waals surface area contributed by atoms with Crippen LogP contribution < -0.4 is 5.32 Å². The van der Waals surface area contributed by atoms with Gasteiger partial charge in [-0.2, -0.15) is 0 Å². The summed E-state index contributed by atoms with van der Waals surface area (Å²) in [5.41, 5.74) is 2.28. The van der Waals surface area contributed by atoms with E-state index >= 15 is 0 Å². The van der Waals surface area contributed by atoms with Crippen molar-refractivity contribution in [3.8, 4) is 0 Å². The van der Waals surface area contributed by atoms with Crippen LogP contribution in [0.1, 0.15) is 12.5 Å². The Morgan fingerprint density at radius 3 is 2.71 bits per heavy atom. The van der Waals surface area contributed by atoms with Crippen LogP contribution in [0.15, 0.2) is 64.8 Å². The lowest BCUT2D eigenvalue weighted by Crippen LogP contribution is -2.12. The van der Waals surface area contributed by atoms with Crippen molar-refractivity contribution in [2.45, 2.75) is 23.4 Å². The minimum Gasteiger partial charge on any atom is -0.313 e. The molecule has 1 heterocycles. The van der Waals surface area contributed by atoms with Gasteiger partial charge >= 0.3 is 0 Å². The Balaban J connectivity index is 1.95. The van der Waals surface area contributed by atoms with Gasteiger partial charge in [0.15, 0.2) is 0 Å². The van der Waals surface area contributed by atoms with Crippen LogP contribution in [0.25, 0.3) is 10.9 Å². The normalized spacial score (nSPS) is 10.9. The summed E-state index contributed by atoms with van der Waals surface area (Å²) in [6, 6.07) is 16.6. The van der Waals surface area contributed by atoms with Gasteiger partial charge in [-0.05, 0) is 24.2 Å². The second-order valence-corrected chi connectivity index (χ2v) is 5.72. The smallest absolute Gasteiger partial charge is 0.117 e. The van der Waals surface area contributed by atoms with Crippen molar-refractivity contribution in [3.05, 3.63) is 60.4 Å². The lowest BCUT2D eigenvalue weighted by Gasteiger charge is -2.10. The van der Waals surface area contributed by atoms with Gasteiger partial charge in [-0.15, -0.1) is 0 Å². The first-order valence-electron chi connectivity index (χ1n) is 7.04. The van der Waals surface area contributed by atoms with Crippen molar-refractivity contribution in [2.75, 3.05) is 6.54 Å². The zero-order chi connectivity index (χ0) is 14.5. The summed E-state index contributed by atoms with van der Waals surface area (Å²) in [7, 11) is 0. The summed E-state index contributed by atoms with van der Waals surface area (Å²) in [5.74, 6) is 0. The third kappa shape index (κ3) is 3.23. The Morgan fingerprint density at radius 2 is 1.81 bits per heavy atom. The van der Waals surface area contributed by atoms with Crippen molar-refractivity contribution in [1.82, 2.24) is 15.3 Å². The second-order valence-electron chi connectivity index (χ2n) is 4.69. The van der Waals surface area contributed by atoms with E-state index in [1.165, 1.54) is 10.5 Å². The monoisotopic (exact) mass is 295 g/mol. The number of nitrogens with zero attached hydrogens (tertiary/aromatic N) is 2. The van der Waals surface area contributed by atoms with Gasteiger partial charge in [0.25, 0.3) is 0 Å². The number of nitrogens with one attached hydrogen (secondary N) is 1. The maximum atomic E-state index is 4.46. The molecule has 3 aromatic rings. The molecule has 0 bridgehead atoms. The Bertz CT molecular complexity index is 737. The topological polar surface area (TPSA) is 37.8 Å². The van der Waals surface area contributed by atoms with E-state index in [1.54, 1.807) is 18.1 Å². The van der Waals surface area contributed by atoms with Gasteiger partial charge in [0, 0.05) is 16.8 Å². The van der Waals surface area contributed by atoms with Crippen LogP contribution in [-0.4, -0.2) is 16.5 Å². The predicted octanol–water partition coefficient (Wildman–Crippen LogP) is 3.89. The maximum absolute atomic E-state index is 4.46. The molecule has 0 aliphatic heterocycles. The minimum absolute atomic E-state index is 0.878. The van der Waals surface area contributed by atoms with Gasteiger partial charge in [-0.1, -0.05) is 55.1 Å². The minimum atomic E-state index is 0.878. The molecule has 2 aromatic carbocycles. The Kier molecular flexibility index (Phi) is 4.48. The van der Waals surface area contributed by atoms with E-state index in [0.29, 0.717) is 0 Å².